The first-order valence-electron chi connectivity index (χ1n) is 8.98. The predicted molar refractivity (Wildman–Crippen MR) is 102 cm³/mol. The molecule has 1 heterocycles. The van der Waals surface area contributed by atoms with Crippen LogP contribution in [0.3, 0.4) is 0 Å². The molecule has 0 saturated carbocycles. The van der Waals surface area contributed by atoms with Crippen LogP contribution in [0.25, 0.3) is 0 Å². The third kappa shape index (κ3) is 9.67. The molecule has 0 aromatic rings. The monoisotopic (exact) mass is 374 g/mol. The summed E-state index contributed by atoms with van der Waals surface area (Å²) < 4.78 is 22.8. The Balaban J connectivity index is 2.25. The zero-order valence-corrected chi connectivity index (χ0v) is 17.0. The lowest BCUT2D eigenvalue weighted by Crippen LogP contribution is -2.44. The van der Waals surface area contributed by atoms with Crippen LogP contribution in [0.15, 0.2) is 4.99 Å². The van der Waals surface area contributed by atoms with Crippen molar-refractivity contribution < 1.29 is 13.2 Å². The van der Waals surface area contributed by atoms with Crippen LogP contribution in [0.5, 0.6) is 0 Å². The van der Waals surface area contributed by atoms with E-state index >= 15 is 0 Å². The number of carbonyl (C=O) groups is 1. The second-order valence-electron chi connectivity index (χ2n) is 8.06. The SMILES string of the molecule is CN=C(NCCC(=O)NC1CCS(=O)(=O)C1)NC(C)CCC(C)(C)C. The summed E-state index contributed by atoms with van der Waals surface area (Å²) in [5.41, 5.74) is 0.304. The van der Waals surface area contributed by atoms with Crippen LogP contribution >= 0.6 is 0 Å². The van der Waals surface area contributed by atoms with Crippen molar-refractivity contribution in [2.45, 2.75) is 65.5 Å². The Morgan fingerprint density at radius 1 is 1.32 bits per heavy atom. The normalized spacial score (nSPS) is 21.6. The molecule has 1 amide bonds. The maximum atomic E-state index is 11.9. The molecule has 1 aliphatic rings. The van der Waals surface area contributed by atoms with Gasteiger partial charge < -0.3 is 16.0 Å². The van der Waals surface area contributed by atoms with Crippen molar-refractivity contribution in [2.75, 3.05) is 25.1 Å². The largest absolute Gasteiger partial charge is 0.356 e. The van der Waals surface area contributed by atoms with Crippen LogP contribution in [-0.2, 0) is 14.6 Å². The number of hydrogen-bond donors (Lipinski definition) is 3. The van der Waals surface area contributed by atoms with E-state index in [0.717, 1.165) is 12.8 Å². The van der Waals surface area contributed by atoms with Gasteiger partial charge in [-0.1, -0.05) is 20.8 Å². The molecule has 25 heavy (non-hydrogen) atoms. The van der Waals surface area contributed by atoms with E-state index in [4.69, 9.17) is 0 Å². The van der Waals surface area contributed by atoms with Crippen molar-refractivity contribution in [3.05, 3.63) is 0 Å². The van der Waals surface area contributed by atoms with Gasteiger partial charge in [0.1, 0.15) is 0 Å². The summed E-state index contributed by atoms with van der Waals surface area (Å²) in [5, 5.41) is 9.24. The highest BCUT2D eigenvalue weighted by Crippen LogP contribution is 2.21. The van der Waals surface area contributed by atoms with Gasteiger partial charge in [-0.05, 0) is 31.6 Å². The van der Waals surface area contributed by atoms with Crippen LogP contribution in [0.2, 0.25) is 0 Å². The summed E-state index contributed by atoms with van der Waals surface area (Å²) in [6.07, 6.45) is 2.95. The molecule has 1 saturated heterocycles. The molecule has 0 radical (unpaired) electrons. The number of nitrogens with zero attached hydrogens (tertiary/aromatic N) is 1. The summed E-state index contributed by atoms with van der Waals surface area (Å²) in [4.78, 5) is 16.1. The van der Waals surface area contributed by atoms with Crippen molar-refractivity contribution >= 4 is 21.7 Å². The van der Waals surface area contributed by atoms with E-state index in [9.17, 15) is 13.2 Å². The number of rotatable bonds is 7. The molecule has 0 spiro atoms. The first kappa shape index (κ1) is 21.7. The highest BCUT2D eigenvalue weighted by Gasteiger charge is 2.28. The molecule has 8 heteroatoms. The molecule has 1 aliphatic heterocycles. The minimum absolute atomic E-state index is 0.0562. The van der Waals surface area contributed by atoms with Gasteiger partial charge in [-0.3, -0.25) is 9.79 Å². The predicted octanol–water partition coefficient (Wildman–Crippen LogP) is 1.06. The van der Waals surface area contributed by atoms with Crippen molar-refractivity contribution in [3.8, 4) is 0 Å². The van der Waals surface area contributed by atoms with Crippen LogP contribution in [0.1, 0.15) is 53.4 Å². The van der Waals surface area contributed by atoms with E-state index in [0.29, 0.717) is 30.4 Å². The Morgan fingerprint density at radius 2 is 2.00 bits per heavy atom. The van der Waals surface area contributed by atoms with Crippen molar-refractivity contribution in [3.63, 3.8) is 0 Å². The Labute approximate surface area is 152 Å². The summed E-state index contributed by atoms with van der Waals surface area (Å²) in [6.45, 7) is 9.24. The summed E-state index contributed by atoms with van der Waals surface area (Å²) in [7, 11) is -1.26. The minimum Gasteiger partial charge on any atom is -0.356 e. The highest BCUT2D eigenvalue weighted by molar-refractivity contribution is 7.91. The second-order valence-corrected chi connectivity index (χ2v) is 10.3. The molecule has 7 nitrogen and oxygen atoms in total. The molecule has 0 bridgehead atoms. The fraction of sp³-hybridized carbons (Fsp3) is 0.882. The molecule has 1 fully saturated rings. The standard InChI is InChI=1S/C17H34N4O3S/c1-13(6-9-17(2,3)4)20-16(18-5)19-10-7-15(22)21-14-8-11-25(23,24)12-14/h13-14H,6-12H2,1-5H3,(H,21,22)(H2,18,19,20). The zero-order chi connectivity index (χ0) is 19.1. The van der Waals surface area contributed by atoms with E-state index in [1.165, 1.54) is 0 Å². The molecule has 0 aliphatic carbocycles. The number of hydrogen-bond acceptors (Lipinski definition) is 4. The number of aliphatic imine (C=N–C) groups is 1. The topological polar surface area (TPSA) is 99.7 Å². The lowest BCUT2D eigenvalue weighted by atomic mass is 9.89. The quantitative estimate of drug-likeness (QED) is 0.457. The molecular weight excluding hydrogens is 340 g/mol. The minimum atomic E-state index is -2.97. The third-order valence-corrected chi connectivity index (χ3v) is 5.94. The molecule has 0 aromatic carbocycles. The Morgan fingerprint density at radius 3 is 2.52 bits per heavy atom. The van der Waals surface area contributed by atoms with Gasteiger partial charge in [0.25, 0.3) is 0 Å². The van der Waals surface area contributed by atoms with Gasteiger partial charge in [0.15, 0.2) is 15.8 Å². The van der Waals surface area contributed by atoms with Gasteiger partial charge >= 0.3 is 0 Å². The fourth-order valence-electron chi connectivity index (χ4n) is 2.65. The smallest absolute Gasteiger partial charge is 0.222 e. The number of guanidine groups is 1. The molecular formula is C17H34N4O3S. The molecule has 2 unspecified atom stereocenters. The van der Waals surface area contributed by atoms with Crippen LogP contribution in [-0.4, -0.2) is 57.5 Å². The fourth-order valence-corrected chi connectivity index (χ4v) is 4.33. The average Bonchev–Trinajstić information content (AvgIpc) is 2.82. The Bertz CT molecular complexity index is 567. The average molecular weight is 375 g/mol. The molecule has 2 atom stereocenters. The Kier molecular flexibility index (Phi) is 8.18. The van der Waals surface area contributed by atoms with Gasteiger partial charge in [0.2, 0.25) is 5.91 Å². The van der Waals surface area contributed by atoms with E-state index in [1.807, 2.05) is 0 Å². The van der Waals surface area contributed by atoms with Gasteiger partial charge in [-0.2, -0.15) is 0 Å². The summed E-state index contributed by atoms with van der Waals surface area (Å²) in [6, 6.07) is 0.0512. The van der Waals surface area contributed by atoms with Crippen molar-refractivity contribution in [2.24, 2.45) is 10.4 Å². The van der Waals surface area contributed by atoms with E-state index in [2.05, 4.69) is 48.6 Å². The maximum absolute atomic E-state index is 11.9. The van der Waals surface area contributed by atoms with Crippen LogP contribution in [0.4, 0.5) is 0 Å². The number of carbonyl (C=O) groups excluding carboxylic acids is 1. The lowest BCUT2D eigenvalue weighted by molar-refractivity contribution is -0.121. The van der Waals surface area contributed by atoms with E-state index < -0.39 is 9.84 Å². The first-order valence-corrected chi connectivity index (χ1v) is 10.8. The number of nitrogens with one attached hydrogen (secondary N) is 3. The third-order valence-electron chi connectivity index (χ3n) is 4.18. The highest BCUT2D eigenvalue weighted by atomic mass is 32.2. The van der Waals surface area contributed by atoms with Crippen molar-refractivity contribution in [1.82, 2.24) is 16.0 Å². The van der Waals surface area contributed by atoms with E-state index in [-0.39, 0.29) is 29.9 Å². The Hall–Kier alpha value is -1.31. The molecule has 0 aromatic heterocycles. The maximum Gasteiger partial charge on any atom is 0.222 e. The zero-order valence-electron chi connectivity index (χ0n) is 16.2. The molecule has 1 rings (SSSR count). The number of amides is 1. The molecule has 3 N–H and O–H groups in total. The van der Waals surface area contributed by atoms with Crippen LogP contribution in [0, 0.1) is 5.41 Å². The second kappa shape index (κ2) is 9.40. The van der Waals surface area contributed by atoms with Crippen LogP contribution < -0.4 is 16.0 Å². The number of sulfone groups is 1. The van der Waals surface area contributed by atoms with Gasteiger partial charge in [-0.25, -0.2) is 8.42 Å². The van der Waals surface area contributed by atoms with Gasteiger partial charge in [-0.15, -0.1) is 0 Å². The first-order chi connectivity index (χ1) is 11.5. The lowest BCUT2D eigenvalue weighted by Gasteiger charge is -2.23. The van der Waals surface area contributed by atoms with E-state index in [1.54, 1.807) is 7.05 Å². The molecule has 146 valence electrons. The summed E-state index contributed by atoms with van der Waals surface area (Å²) in [5.74, 6) is 0.767. The van der Waals surface area contributed by atoms with Crippen molar-refractivity contribution in [1.29, 1.82) is 0 Å². The summed E-state index contributed by atoms with van der Waals surface area (Å²) >= 11 is 0. The van der Waals surface area contributed by atoms with Gasteiger partial charge in [0, 0.05) is 32.1 Å². The van der Waals surface area contributed by atoms with Gasteiger partial charge in [0.05, 0.1) is 11.5 Å².